The van der Waals surface area contributed by atoms with Gasteiger partial charge in [0.25, 0.3) is 5.97 Å². The highest BCUT2D eigenvalue weighted by Crippen LogP contribution is 2.30. The highest BCUT2D eigenvalue weighted by atomic mass is 35.5. The zero-order valence-corrected chi connectivity index (χ0v) is 30.3. The number of nitrogens with zero attached hydrogens (tertiary/aromatic N) is 4. The van der Waals surface area contributed by atoms with E-state index in [2.05, 4.69) is 46.5 Å². The van der Waals surface area contributed by atoms with E-state index in [1.54, 1.807) is 6.07 Å². The Balaban J connectivity index is 0.000000163. The molecule has 2 fully saturated rings. The van der Waals surface area contributed by atoms with Gasteiger partial charge in [-0.15, -0.1) is 0 Å². The summed E-state index contributed by atoms with van der Waals surface area (Å²) in [6, 6.07) is 11.8. The van der Waals surface area contributed by atoms with Crippen LogP contribution in [0.15, 0.2) is 48.8 Å². The zero-order chi connectivity index (χ0) is 39.6. The summed E-state index contributed by atoms with van der Waals surface area (Å²) in [6.07, 6.45) is 9.15. The van der Waals surface area contributed by atoms with Crippen LogP contribution >= 0.6 is 11.6 Å². The lowest BCUT2D eigenvalue weighted by molar-refractivity contribution is -0.134. The van der Waals surface area contributed by atoms with E-state index < -0.39 is 17.9 Å². The number of carboxylic acid groups (broad SMARTS) is 3. The van der Waals surface area contributed by atoms with Crippen molar-refractivity contribution < 1.29 is 39.3 Å². The molecule has 0 atom stereocenters. The quantitative estimate of drug-likeness (QED) is 0.0838. The zero-order valence-electron chi connectivity index (χ0n) is 29.6. The number of anilines is 7. The normalized spacial score (nSPS) is 14.9. The number of amides is 2. The number of aromatic nitrogens is 4. The maximum atomic E-state index is 11.4. The maximum Gasteiger partial charge on any atom is 0.341 e. The average molecular weight is 775 g/mol. The van der Waals surface area contributed by atoms with E-state index in [4.69, 9.17) is 32.3 Å². The number of hydrogen-bond acceptors (Lipinski definition) is 13. The van der Waals surface area contributed by atoms with Crippen LogP contribution in [0.25, 0.3) is 0 Å². The molecule has 2 aliphatic heterocycles. The maximum absolute atomic E-state index is 11.4. The number of hydrogen-bond donors (Lipinski definition) is 9. The molecular weight excluding hydrogens is 736 g/mol. The number of carbonyl (C=O) groups is 5. The van der Waals surface area contributed by atoms with E-state index in [9.17, 15) is 24.3 Å². The van der Waals surface area contributed by atoms with Crippen LogP contribution in [0.1, 0.15) is 77.3 Å². The third-order valence-electron chi connectivity index (χ3n) is 8.13. The number of nitrogens with two attached hydrogens (primary N) is 1. The fourth-order valence-corrected chi connectivity index (χ4v) is 5.30. The summed E-state index contributed by atoms with van der Waals surface area (Å²) < 4.78 is 0. The van der Waals surface area contributed by atoms with Gasteiger partial charge in [-0.25, -0.2) is 19.6 Å². The van der Waals surface area contributed by atoms with Crippen molar-refractivity contribution >= 4 is 81.7 Å². The van der Waals surface area contributed by atoms with Gasteiger partial charge in [0, 0.05) is 67.0 Å². The van der Waals surface area contributed by atoms with Crippen molar-refractivity contribution in [3.63, 3.8) is 0 Å². The second-order valence-corrected chi connectivity index (χ2v) is 13.2. The van der Waals surface area contributed by atoms with Crippen molar-refractivity contribution in [3.05, 3.63) is 76.3 Å². The Morgan fingerprint density at radius 1 is 0.745 bits per heavy atom. The summed E-state index contributed by atoms with van der Waals surface area (Å²) >= 11 is 5.57. The number of nitrogens with one attached hydrogen (secondary N) is 5. The Labute approximate surface area is 319 Å². The van der Waals surface area contributed by atoms with Crippen molar-refractivity contribution in [1.29, 1.82) is 0 Å². The van der Waals surface area contributed by atoms with Gasteiger partial charge in [0.1, 0.15) is 22.8 Å². The minimum atomic E-state index is -1.06. The Morgan fingerprint density at radius 3 is 1.76 bits per heavy atom. The van der Waals surface area contributed by atoms with Gasteiger partial charge in [0.05, 0.1) is 0 Å². The Morgan fingerprint density at radius 2 is 1.24 bits per heavy atom. The van der Waals surface area contributed by atoms with Crippen LogP contribution in [0.3, 0.4) is 0 Å². The summed E-state index contributed by atoms with van der Waals surface area (Å²) in [5.74, 6) is -1.86. The number of carboxylic acids is 3. The molecule has 0 radical (unpaired) electrons. The smallest absolute Gasteiger partial charge is 0.341 e. The number of nitrogen functional groups attached to an aromatic ring is 1. The van der Waals surface area contributed by atoms with Gasteiger partial charge in [0.15, 0.2) is 0 Å². The molecule has 4 aliphatic rings. The van der Waals surface area contributed by atoms with Crippen LogP contribution in [0.2, 0.25) is 5.28 Å². The van der Waals surface area contributed by atoms with E-state index in [0.717, 1.165) is 72.9 Å². The molecule has 288 valence electrons. The molecule has 18 nitrogen and oxygen atoms in total. The molecule has 4 aromatic rings. The number of halogens is 1. The van der Waals surface area contributed by atoms with Gasteiger partial charge in [-0.2, -0.15) is 9.97 Å². The lowest BCUT2D eigenvalue weighted by Crippen LogP contribution is -2.18. The molecule has 0 bridgehead atoms. The Hall–Kier alpha value is -6.56. The van der Waals surface area contributed by atoms with Crippen molar-refractivity contribution in [2.24, 2.45) is 0 Å². The van der Waals surface area contributed by atoms with Gasteiger partial charge in [-0.05, 0) is 97.7 Å². The summed E-state index contributed by atoms with van der Waals surface area (Å²) in [5, 5.41) is 40.4. The molecule has 19 heteroatoms. The van der Waals surface area contributed by atoms with Crippen LogP contribution in [0.5, 0.6) is 0 Å². The first kappa shape index (κ1) is 39.6. The Bertz CT molecular complexity index is 2110. The molecule has 2 aromatic carbocycles. The first-order valence-corrected chi connectivity index (χ1v) is 17.6. The highest BCUT2D eigenvalue weighted by molar-refractivity contribution is 6.28. The molecule has 0 unspecified atom stereocenters. The fourth-order valence-electron chi connectivity index (χ4n) is 5.17. The SMILES string of the molecule is CC(=O)O.Nc1ccc2c(c1)CCC(=O)N2.O=C(O)c1cnc(Cl)nc1NC1CC1.O=C1CCc2cc(Nc3ncc(C(=O)O)c(NC4CC4)n3)ccc2N1. The van der Waals surface area contributed by atoms with Gasteiger partial charge in [-0.3, -0.25) is 14.4 Å². The molecule has 0 saturated heterocycles. The summed E-state index contributed by atoms with van der Waals surface area (Å²) in [5.41, 5.74) is 11.2. The second kappa shape index (κ2) is 18.0. The van der Waals surface area contributed by atoms with E-state index >= 15 is 0 Å². The monoisotopic (exact) mass is 774 g/mol. The average Bonchev–Trinajstić information content (AvgIpc) is 4.07. The largest absolute Gasteiger partial charge is 0.481 e. The van der Waals surface area contributed by atoms with E-state index in [1.807, 2.05) is 30.3 Å². The predicted octanol–water partition coefficient (Wildman–Crippen LogP) is 5.02. The number of carbonyl (C=O) groups excluding carboxylic acids is 2. The van der Waals surface area contributed by atoms with Crippen LogP contribution < -0.4 is 32.3 Å². The molecule has 2 aromatic heterocycles. The predicted molar refractivity (Wildman–Crippen MR) is 204 cm³/mol. The molecule has 2 aliphatic carbocycles. The van der Waals surface area contributed by atoms with E-state index in [1.165, 1.54) is 12.4 Å². The van der Waals surface area contributed by atoms with Crippen molar-refractivity contribution in [3.8, 4) is 0 Å². The molecule has 4 heterocycles. The van der Waals surface area contributed by atoms with Crippen LogP contribution in [0, 0.1) is 0 Å². The van der Waals surface area contributed by atoms with Crippen LogP contribution in [0.4, 0.5) is 40.3 Å². The number of aryl methyl sites for hydroxylation is 2. The second-order valence-electron chi connectivity index (χ2n) is 12.8. The summed E-state index contributed by atoms with van der Waals surface area (Å²) in [7, 11) is 0. The first-order valence-electron chi connectivity index (χ1n) is 17.2. The summed E-state index contributed by atoms with van der Waals surface area (Å²) in [6.45, 7) is 1.08. The molecule has 2 saturated carbocycles. The van der Waals surface area contributed by atoms with Gasteiger partial charge >= 0.3 is 11.9 Å². The number of aliphatic carboxylic acids is 1. The topological polar surface area (TPSA) is 284 Å². The highest BCUT2D eigenvalue weighted by Gasteiger charge is 2.26. The van der Waals surface area contributed by atoms with Gasteiger partial charge in [0.2, 0.25) is 23.0 Å². The standard InChI is InChI=1S/C17H17N5O3.C9H10N2O.C8H8ClN3O2.C2H4O2/c23-14-6-1-9-7-11(4-5-13(9)21-14)20-17-18-8-12(16(24)25)15(22-17)19-10-2-3-10;10-7-2-3-8-6(5-7)1-4-9(12)11-8;9-8-10-3-5(7(13)14)6(12-8)11-4-1-2-4;1-2(3)4/h4-5,7-8,10H,1-3,6H2,(H,21,23)(H,24,25)(H2,18,19,20,22);2-3,5H,1,4,10H2,(H,11,12);3-4H,1-2H2,(H,13,14)(H,10,11,12);1H3,(H,3,4). The first-order chi connectivity index (χ1) is 26.2. The fraction of sp³-hybridized carbons (Fsp3) is 0.306. The van der Waals surface area contributed by atoms with E-state index in [-0.39, 0.29) is 34.3 Å². The summed E-state index contributed by atoms with van der Waals surface area (Å²) in [4.78, 5) is 69.3. The molecule has 2 amide bonds. The number of benzene rings is 2. The van der Waals surface area contributed by atoms with Crippen molar-refractivity contribution in [1.82, 2.24) is 19.9 Å². The lowest BCUT2D eigenvalue weighted by Gasteiger charge is -2.18. The molecule has 0 spiro atoms. The Kier molecular flexibility index (Phi) is 13.0. The minimum absolute atomic E-state index is 0.0246. The number of rotatable bonds is 8. The molecule has 8 rings (SSSR count). The van der Waals surface area contributed by atoms with Gasteiger partial charge < -0.3 is 47.6 Å². The van der Waals surface area contributed by atoms with Gasteiger partial charge in [-0.1, -0.05) is 0 Å². The minimum Gasteiger partial charge on any atom is -0.481 e. The number of fused-ring (bicyclic) bond motifs is 2. The molecule has 55 heavy (non-hydrogen) atoms. The van der Waals surface area contributed by atoms with E-state index in [0.29, 0.717) is 42.9 Å². The number of aromatic carboxylic acids is 2. The lowest BCUT2D eigenvalue weighted by atomic mass is 10.0. The third kappa shape index (κ3) is 12.2. The molecular formula is C36H39ClN10O8. The van der Waals surface area contributed by atoms with Crippen molar-refractivity contribution in [2.75, 3.05) is 32.3 Å². The van der Waals surface area contributed by atoms with Crippen LogP contribution in [-0.2, 0) is 27.2 Å². The third-order valence-corrected chi connectivity index (χ3v) is 8.31. The van der Waals surface area contributed by atoms with Crippen LogP contribution in [-0.4, -0.2) is 77.1 Å². The van der Waals surface area contributed by atoms with Crippen molar-refractivity contribution in [2.45, 2.75) is 70.4 Å². The molecule has 10 N–H and O–H groups in total.